The van der Waals surface area contributed by atoms with Gasteiger partial charge in [-0.25, -0.2) is 0 Å². The number of amides is 1. The zero-order valence-electron chi connectivity index (χ0n) is 14.5. The number of hydrogen-bond donors (Lipinski definition) is 2. The Balaban J connectivity index is 1.71. The molecule has 2 atom stereocenters. The first-order valence-corrected chi connectivity index (χ1v) is 8.52. The lowest BCUT2D eigenvalue weighted by molar-refractivity contribution is -0.125. The third-order valence-corrected chi connectivity index (χ3v) is 4.90. The molecule has 0 saturated heterocycles. The third-order valence-electron chi connectivity index (χ3n) is 4.90. The summed E-state index contributed by atoms with van der Waals surface area (Å²) in [6.07, 6.45) is 2.57. The van der Waals surface area contributed by atoms with Gasteiger partial charge in [0, 0.05) is 5.69 Å². The van der Waals surface area contributed by atoms with Crippen molar-refractivity contribution in [2.75, 3.05) is 6.54 Å². The Bertz CT molecular complexity index is 753. The van der Waals surface area contributed by atoms with E-state index in [-0.39, 0.29) is 12.5 Å². The van der Waals surface area contributed by atoms with E-state index >= 15 is 0 Å². The van der Waals surface area contributed by atoms with Gasteiger partial charge in [0.2, 0.25) is 5.91 Å². The summed E-state index contributed by atoms with van der Waals surface area (Å²) in [5.41, 5.74) is 2.98. The first-order valence-electron chi connectivity index (χ1n) is 8.52. The molecule has 0 bridgehead atoms. The molecule has 5 nitrogen and oxygen atoms in total. The van der Waals surface area contributed by atoms with Crippen LogP contribution in [-0.2, 0) is 16.8 Å². The number of aliphatic hydroxyl groups is 1. The molecule has 2 N–H and O–H groups in total. The average Bonchev–Trinajstić information content (AvgIpc) is 2.91. The highest BCUT2D eigenvalue weighted by molar-refractivity contribution is 5.80. The molecule has 1 aromatic heterocycles. The molecule has 0 spiro atoms. The maximum atomic E-state index is 12.5. The van der Waals surface area contributed by atoms with Gasteiger partial charge in [-0.1, -0.05) is 24.3 Å². The summed E-state index contributed by atoms with van der Waals surface area (Å²) in [4.78, 5) is 12.5. The van der Waals surface area contributed by atoms with Gasteiger partial charge in [-0.2, -0.15) is 5.10 Å². The van der Waals surface area contributed by atoms with Crippen LogP contribution in [0.25, 0.3) is 0 Å². The van der Waals surface area contributed by atoms with E-state index in [1.54, 1.807) is 4.68 Å². The van der Waals surface area contributed by atoms with Crippen LogP contribution < -0.4 is 5.32 Å². The van der Waals surface area contributed by atoms with Crippen LogP contribution in [0.3, 0.4) is 0 Å². The lowest BCUT2D eigenvalue weighted by Crippen LogP contribution is -2.44. The van der Waals surface area contributed by atoms with Crippen LogP contribution in [0.15, 0.2) is 30.3 Å². The molecule has 0 aliphatic heterocycles. The van der Waals surface area contributed by atoms with Gasteiger partial charge in [-0.3, -0.25) is 9.48 Å². The van der Waals surface area contributed by atoms with Gasteiger partial charge in [0.25, 0.3) is 0 Å². The first-order chi connectivity index (χ1) is 11.4. The van der Waals surface area contributed by atoms with Crippen LogP contribution in [0.5, 0.6) is 0 Å². The normalized spacial score (nSPS) is 21.2. The van der Waals surface area contributed by atoms with Gasteiger partial charge in [0.05, 0.1) is 12.2 Å². The zero-order chi connectivity index (χ0) is 17.3. The minimum Gasteiger partial charge on any atom is -0.383 e. The summed E-state index contributed by atoms with van der Waals surface area (Å²) in [6, 6.07) is 9.50. The van der Waals surface area contributed by atoms with Gasteiger partial charge >= 0.3 is 0 Å². The number of carbonyl (C=O) groups excluding carboxylic acids is 1. The maximum absolute atomic E-state index is 12.5. The van der Waals surface area contributed by atoms with Gasteiger partial charge in [0.1, 0.15) is 11.6 Å². The number of nitrogens with one attached hydrogen (secondary N) is 1. The van der Waals surface area contributed by atoms with Crippen LogP contribution in [0, 0.1) is 13.8 Å². The highest BCUT2D eigenvalue weighted by Crippen LogP contribution is 2.34. The van der Waals surface area contributed by atoms with Crippen molar-refractivity contribution in [3.63, 3.8) is 0 Å². The predicted octanol–water partition coefficient (Wildman–Crippen LogP) is 2.40. The summed E-state index contributed by atoms with van der Waals surface area (Å²) in [6.45, 7) is 5.91. The second-order valence-electron chi connectivity index (χ2n) is 6.81. The number of rotatable bonds is 4. The number of aromatic nitrogens is 2. The van der Waals surface area contributed by atoms with Crippen LogP contribution >= 0.6 is 0 Å². The Hall–Kier alpha value is -2.14. The zero-order valence-corrected chi connectivity index (χ0v) is 14.5. The van der Waals surface area contributed by atoms with Crippen LogP contribution in [0.2, 0.25) is 0 Å². The van der Waals surface area contributed by atoms with Crippen molar-refractivity contribution in [2.24, 2.45) is 0 Å². The standard InChI is InChI=1S/C19H25N3O2/c1-13-11-14(2)22(21-13)15(3)18(23)20-12-19(24)10-6-8-16-7-4-5-9-17(16)19/h4-5,7,9,11,15,24H,6,8,10,12H2,1-3H3,(H,20,23). The molecular weight excluding hydrogens is 302 g/mol. The Kier molecular flexibility index (Phi) is 4.45. The third kappa shape index (κ3) is 3.08. The Morgan fingerprint density at radius 1 is 1.42 bits per heavy atom. The largest absolute Gasteiger partial charge is 0.383 e. The number of fused-ring (bicyclic) bond motifs is 1. The molecule has 2 aromatic rings. The molecule has 1 aliphatic rings. The molecule has 3 rings (SSSR count). The summed E-state index contributed by atoms with van der Waals surface area (Å²) in [5.74, 6) is -0.127. The smallest absolute Gasteiger partial charge is 0.244 e. The molecule has 0 radical (unpaired) electrons. The Morgan fingerprint density at radius 3 is 2.88 bits per heavy atom. The van der Waals surface area contributed by atoms with E-state index in [0.717, 1.165) is 29.8 Å². The summed E-state index contributed by atoms with van der Waals surface area (Å²) >= 11 is 0. The topological polar surface area (TPSA) is 67.2 Å². The highest BCUT2D eigenvalue weighted by Gasteiger charge is 2.34. The van der Waals surface area contributed by atoms with Crippen molar-refractivity contribution < 1.29 is 9.90 Å². The van der Waals surface area contributed by atoms with Crippen molar-refractivity contribution in [1.29, 1.82) is 0 Å². The van der Waals surface area contributed by atoms with E-state index in [2.05, 4.69) is 16.5 Å². The lowest BCUT2D eigenvalue weighted by atomic mass is 9.79. The second-order valence-corrected chi connectivity index (χ2v) is 6.81. The van der Waals surface area contributed by atoms with Crippen LogP contribution in [0.1, 0.15) is 48.3 Å². The highest BCUT2D eigenvalue weighted by atomic mass is 16.3. The van der Waals surface area contributed by atoms with Crippen molar-refractivity contribution in [3.8, 4) is 0 Å². The van der Waals surface area contributed by atoms with E-state index in [1.165, 1.54) is 5.56 Å². The van der Waals surface area contributed by atoms with Gasteiger partial charge in [-0.05, 0) is 57.2 Å². The fraction of sp³-hybridized carbons (Fsp3) is 0.474. The minimum absolute atomic E-state index is 0.127. The number of aryl methyl sites for hydroxylation is 3. The predicted molar refractivity (Wildman–Crippen MR) is 92.7 cm³/mol. The number of benzene rings is 1. The average molecular weight is 327 g/mol. The molecule has 1 amide bonds. The van der Waals surface area contributed by atoms with E-state index in [4.69, 9.17) is 0 Å². The summed E-state index contributed by atoms with van der Waals surface area (Å²) in [5, 5.41) is 18.3. The Morgan fingerprint density at radius 2 is 2.17 bits per heavy atom. The Labute approximate surface area is 142 Å². The van der Waals surface area contributed by atoms with E-state index < -0.39 is 11.6 Å². The van der Waals surface area contributed by atoms with Gasteiger partial charge < -0.3 is 10.4 Å². The quantitative estimate of drug-likeness (QED) is 0.906. The van der Waals surface area contributed by atoms with Crippen LogP contribution in [0.4, 0.5) is 0 Å². The molecular formula is C19H25N3O2. The number of hydrogen-bond acceptors (Lipinski definition) is 3. The molecule has 24 heavy (non-hydrogen) atoms. The second kappa shape index (κ2) is 6.40. The SMILES string of the molecule is Cc1cc(C)n(C(C)C(=O)NCC2(O)CCCc3ccccc32)n1. The van der Waals surface area contributed by atoms with E-state index in [9.17, 15) is 9.90 Å². The lowest BCUT2D eigenvalue weighted by Gasteiger charge is -2.35. The van der Waals surface area contributed by atoms with Gasteiger partial charge in [0.15, 0.2) is 0 Å². The van der Waals surface area contributed by atoms with Crippen molar-refractivity contribution in [1.82, 2.24) is 15.1 Å². The first kappa shape index (κ1) is 16.7. The number of carbonyl (C=O) groups is 1. The monoisotopic (exact) mass is 327 g/mol. The molecule has 0 fully saturated rings. The molecule has 1 heterocycles. The molecule has 5 heteroatoms. The number of nitrogens with zero attached hydrogens (tertiary/aromatic N) is 2. The van der Waals surface area contributed by atoms with Gasteiger partial charge in [-0.15, -0.1) is 0 Å². The fourth-order valence-corrected chi connectivity index (χ4v) is 3.61. The molecule has 1 aliphatic carbocycles. The summed E-state index contributed by atoms with van der Waals surface area (Å²) < 4.78 is 1.73. The van der Waals surface area contributed by atoms with Crippen molar-refractivity contribution in [2.45, 2.75) is 51.7 Å². The fourth-order valence-electron chi connectivity index (χ4n) is 3.61. The van der Waals surface area contributed by atoms with Crippen molar-refractivity contribution in [3.05, 3.63) is 52.8 Å². The molecule has 0 saturated carbocycles. The van der Waals surface area contributed by atoms with Crippen LogP contribution in [-0.4, -0.2) is 27.3 Å². The van der Waals surface area contributed by atoms with E-state index in [1.807, 2.05) is 45.0 Å². The summed E-state index contributed by atoms with van der Waals surface area (Å²) in [7, 11) is 0. The molecule has 1 aromatic carbocycles. The van der Waals surface area contributed by atoms with Crippen molar-refractivity contribution >= 4 is 5.91 Å². The maximum Gasteiger partial charge on any atom is 0.244 e. The molecule has 128 valence electrons. The minimum atomic E-state index is -0.987. The van der Waals surface area contributed by atoms with E-state index in [0.29, 0.717) is 6.42 Å². The molecule has 2 unspecified atom stereocenters.